The number of hydrogen-bond acceptors (Lipinski definition) is 8. The number of anilines is 4. The molecule has 0 aliphatic carbocycles. The van der Waals surface area contributed by atoms with Crippen molar-refractivity contribution in [2.24, 2.45) is 0 Å². The van der Waals surface area contributed by atoms with Crippen molar-refractivity contribution in [3.05, 3.63) is 101 Å². The van der Waals surface area contributed by atoms with E-state index in [1.807, 2.05) is 72.8 Å². The summed E-state index contributed by atoms with van der Waals surface area (Å²) in [5.41, 5.74) is 4.75. The van der Waals surface area contributed by atoms with E-state index in [1.54, 1.807) is 6.20 Å². The number of nitrogens with zero attached hydrogens (tertiary/aromatic N) is 4. The lowest BCUT2D eigenvalue weighted by Crippen LogP contribution is -2.44. The highest BCUT2D eigenvalue weighted by molar-refractivity contribution is 8.04. The quantitative estimate of drug-likeness (QED) is 0.209. The van der Waals surface area contributed by atoms with Crippen LogP contribution in [-0.4, -0.2) is 54.0 Å². The van der Waals surface area contributed by atoms with Crippen molar-refractivity contribution < 1.29 is 12.4 Å². The normalized spacial score (nSPS) is 16.4. The van der Waals surface area contributed by atoms with Gasteiger partial charge in [-0.05, 0) is 60.6 Å². The molecule has 1 fully saturated rings. The number of piperazine rings is 1. The first kappa shape index (κ1) is 25.9. The average molecular weight is 555 g/mol. The second kappa shape index (κ2) is 11.8. The van der Waals surface area contributed by atoms with Gasteiger partial charge in [0.05, 0.1) is 16.8 Å². The topological polar surface area (TPSA) is 82.6 Å². The van der Waals surface area contributed by atoms with E-state index < -0.39 is 0 Å². The van der Waals surface area contributed by atoms with Crippen LogP contribution in [0.5, 0.6) is 5.75 Å². The van der Waals surface area contributed by atoms with Gasteiger partial charge in [-0.3, -0.25) is 4.79 Å². The summed E-state index contributed by atoms with van der Waals surface area (Å²) in [6.45, 7) is 4.71. The summed E-state index contributed by atoms with van der Waals surface area (Å²) in [6, 6.07) is 26.1. The lowest BCUT2D eigenvalue weighted by Gasteiger charge is -2.34. The molecular formula is C31H34N6O2S. The fourth-order valence-corrected chi connectivity index (χ4v) is 5.41. The molecule has 206 valence electrons. The number of benzene rings is 3. The highest BCUT2D eigenvalue weighted by atomic mass is 32.2. The maximum absolute atomic E-state index is 12.7. The molecule has 0 unspecified atom stereocenters. The maximum Gasteiger partial charge on any atom is 0.262 e. The lowest BCUT2D eigenvalue weighted by atomic mass is 10.2. The molecule has 40 heavy (non-hydrogen) atoms. The van der Waals surface area contributed by atoms with E-state index in [9.17, 15) is 4.79 Å². The first-order valence-corrected chi connectivity index (χ1v) is 14.1. The molecule has 2 aliphatic rings. The van der Waals surface area contributed by atoms with Gasteiger partial charge in [0.25, 0.3) is 5.91 Å². The van der Waals surface area contributed by atoms with E-state index in [1.165, 1.54) is 17.4 Å². The molecule has 1 saturated heterocycles. The Kier molecular flexibility index (Phi) is 7.65. The Morgan fingerprint density at radius 1 is 1.00 bits per heavy atom. The Labute approximate surface area is 241 Å². The van der Waals surface area contributed by atoms with Crippen LogP contribution in [0.15, 0.2) is 95.0 Å². The van der Waals surface area contributed by atoms with Gasteiger partial charge >= 0.3 is 0 Å². The predicted molar refractivity (Wildman–Crippen MR) is 165 cm³/mol. The predicted octanol–water partition coefficient (Wildman–Crippen LogP) is 6.13. The van der Waals surface area contributed by atoms with Crippen molar-refractivity contribution in [2.75, 3.05) is 48.8 Å². The van der Waals surface area contributed by atoms with Crippen molar-refractivity contribution in [1.82, 2.24) is 14.9 Å². The molecule has 2 N–H and O–H groups in total. The maximum atomic E-state index is 12.7. The molecule has 0 spiro atoms. The molecule has 8 nitrogen and oxygen atoms in total. The second-order valence-electron chi connectivity index (χ2n) is 9.78. The number of likely N-dealkylation sites (N-methyl/N-ethyl adjacent to an activating group) is 1. The van der Waals surface area contributed by atoms with E-state index in [4.69, 9.17) is 4.74 Å². The second-order valence-corrected chi connectivity index (χ2v) is 10.8. The van der Waals surface area contributed by atoms with Gasteiger partial charge in [-0.25, -0.2) is 9.97 Å². The molecule has 0 atom stereocenters. The van der Waals surface area contributed by atoms with E-state index in [-0.39, 0.29) is 8.76 Å². The lowest BCUT2D eigenvalue weighted by molar-refractivity contribution is -0.112. The van der Waals surface area contributed by atoms with Crippen molar-refractivity contribution >= 4 is 46.8 Å². The van der Waals surface area contributed by atoms with E-state index in [0.717, 1.165) is 48.7 Å². The zero-order valence-electron chi connectivity index (χ0n) is 22.2. The standard InChI is InChI=1S/C31H30N6O2S.2H2/c1-36-15-17-37(18-16-36)25-11-9-24(10-12-25)33-31-32-20-27-30(35-31)40-28(29(38)34-27)19-22-7-13-26(14-8-22)39-21-23-5-3-2-4-6-23;;/h2-14,19-20H,15-18,21H2,1H3,(H,34,38)(H,32,33,35);2*1H/b28-19+;;. The van der Waals surface area contributed by atoms with E-state index >= 15 is 0 Å². The van der Waals surface area contributed by atoms with Crippen LogP contribution in [0.1, 0.15) is 14.0 Å². The Hall–Kier alpha value is -4.34. The number of ether oxygens (including phenoxy) is 1. The zero-order chi connectivity index (χ0) is 27.3. The molecule has 3 heterocycles. The number of nitrogens with one attached hydrogen (secondary N) is 2. The Balaban J connectivity index is 0.00000202. The summed E-state index contributed by atoms with van der Waals surface area (Å²) in [6.07, 6.45) is 3.50. The molecule has 0 radical (unpaired) electrons. The summed E-state index contributed by atoms with van der Waals surface area (Å²) >= 11 is 1.33. The third-order valence-electron chi connectivity index (χ3n) is 6.85. The minimum Gasteiger partial charge on any atom is -0.489 e. The Morgan fingerprint density at radius 2 is 1.75 bits per heavy atom. The van der Waals surface area contributed by atoms with Crippen LogP contribution in [0.2, 0.25) is 0 Å². The zero-order valence-corrected chi connectivity index (χ0v) is 23.0. The van der Waals surface area contributed by atoms with Crippen LogP contribution >= 0.6 is 11.8 Å². The van der Waals surface area contributed by atoms with Crippen LogP contribution in [-0.2, 0) is 11.4 Å². The average Bonchev–Trinajstić information content (AvgIpc) is 2.99. The minimum atomic E-state index is -0.175. The first-order chi connectivity index (χ1) is 19.6. The minimum absolute atomic E-state index is 0. The number of fused-ring (bicyclic) bond motifs is 1. The molecule has 4 aromatic rings. The first-order valence-electron chi connectivity index (χ1n) is 13.2. The van der Waals surface area contributed by atoms with Gasteiger partial charge in [0.1, 0.15) is 17.4 Å². The van der Waals surface area contributed by atoms with Crippen molar-refractivity contribution in [3.63, 3.8) is 0 Å². The van der Waals surface area contributed by atoms with Gasteiger partial charge in [0, 0.05) is 40.4 Å². The number of hydrogen-bond donors (Lipinski definition) is 2. The molecule has 3 aromatic carbocycles. The number of aromatic nitrogens is 2. The van der Waals surface area contributed by atoms with E-state index in [0.29, 0.717) is 28.2 Å². The molecule has 0 saturated carbocycles. The number of rotatable bonds is 7. The van der Waals surface area contributed by atoms with Crippen LogP contribution in [0.4, 0.5) is 23.0 Å². The summed E-state index contributed by atoms with van der Waals surface area (Å²) in [4.78, 5) is 27.1. The highest BCUT2D eigenvalue weighted by Gasteiger charge is 2.23. The molecule has 6 rings (SSSR count). The van der Waals surface area contributed by atoms with E-state index in [2.05, 4.69) is 49.6 Å². The SMILES string of the molecule is CN1CCN(c2ccc(Nc3ncc4c(n3)S/C(=C/c3ccc(OCc5ccccc5)cc3)C(=O)N4)cc2)CC1.[HH].[HH]. The summed E-state index contributed by atoms with van der Waals surface area (Å²) in [5, 5.41) is 6.89. The van der Waals surface area contributed by atoms with Crippen molar-refractivity contribution in [3.8, 4) is 5.75 Å². The van der Waals surface area contributed by atoms with Crippen molar-refractivity contribution in [1.29, 1.82) is 0 Å². The smallest absolute Gasteiger partial charge is 0.262 e. The third-order valence-corrected chi connectivity index (χ3v) is 7.88. The largest absolute Gasteiger partial charge is 0.489 e. The van der Waals surface area contributed by atoms with Crippen LogP contribution in [0.3, 0.4) is 0 Å². The molecule has 1 aromatic heterocycles. The van der Waals surface area contributed by atoms with Gasteiger partial charge in [0.15, 0.2) is 0 Å². The Morgan fingerprint density at radius 3 is 2.50 bits per heavy atom. The number of carbonyl (C=O) groups excluding carboxylic acids is 1. The van der Waals surface area contributed by atoms with Crippen LogP contribution in [0, 0.1) is 0 Å². The summed E-state index contributed by atoms with van der Waals surface area (Å²) in [5.74, 6) is 1.08. The molecule has 1 amide bonds. The number of amides is 1. The Bertz CT molecular complexity index is 1510. The third kappa shape index (κ3) is 6.27. The summed E-state index contributed by atoms with van der Waals surface area (Å²) in [7, 11) is 2.16. The van der Waals surface area contributed by atoms with Gasteiger partial charge < -0.3 is 25.2 Å². The fourth-order valence-electron chi connectivity index (χ4n) is 4.52. The van der Waals surface area contributed by atoms with Crippen LogP contribution in [0.25, 0.3) is 6.08 Å². The highest BCUT2D eigenvalue weighted by Crippen LogP contribution is 2.38. The van der Waals surface area contributed by atoms with Crippen LogP contribution < -0.4 is 20.3 Å². The monoisotopic (exact) mass is 554 g/mol. The van der Waals surface area contributed by atoms with Crippen molar-refractivity contribution in [2.45, 2.75) is 11.6 Å². The van der Waals surface area contributed by atoms with Gasteiger partial charge in [-0.15, -0.1) is 0 Å². The van der Waals surface area contributed by atoms with Gasteiger partial charge in [-0.2, -0.15) is 0 Å². The molecule has 0 bridgehead atoms. The number of carbonyl (C=O) groups is 1. The fraction of sp³-hybridized carbons (Fsp3) is 0.194. The number of thioether (sulfide) groups is 1. The molecule has 9 heteroatoms. The summed E-state index contributed by atoms with van der Waals surface area (Å²) < 4.78 is 5.87. The van der Waals surface area contributed by atoms with Gasteiger partial charge in [0.2, 0.25) is 5.95 Å². The van der Waals surface area contributed by atoms with Gasteiger partial charge in [-0.1, -0.05) is 54.2 Å². The molecule has 2 aliphatic heterocycles. The molecular weight excluding hydrogens is 520 g/mol.